The molecule has 0 aliphatic heterocycles. The van der Waals surface area contributed by atoms with Gasteiger partial charge in [0.05, 0.1) is 11.6 Å². The number of amides is 1. The maximum atomic E-state index is 14.5. The van der Waals surface area contributed by atoms with E-state index in [0.717, 1.165) is 37.7 Å². The van der Waals surface area contributed by atoms with E-state index < -0.39 is 32.8 Å². The SMILES string of the molecule is CC1(C)C(=O)C(C#N)=C[C@]2(C)C3=CC(=O)[C@]4(O)[C@@H]5C[C@@](C)(NC(=O)CC#N)CC[C@]5(C)CC[C@@]4(C)[C@]3(C)CC[C@@H]12. The average Bonchev–Trinajstić information content (AvgIpc) is 2.87. The van der Waals surface area contributed by atoms with Crippen molar-refractivity contribution in [2.75, 3.05) is 0 Å². The van der Waals surface area contributed by atoms with Gasteiger partial charge in [0.15, 0.2) is 11.6 Å². The fraction of sp³-hybridized carbons (Fsp3) is 0.727. The summed E-state index contributed by atoms with van der Waals surface area (Å²) in [4.78, 5) is 40.2. The number of aliphatic hydroxyl groups is 1. The molecule has 1 amide bonds. The molecule has 2 N–H and O–H groups in total. The van der Waals surface area contributed by atoms with Gasteiger partial charge < -0.3 is 10.4 Å². The molecule has 3 fully saturated rings. The highest BCUT2D eigenvalue weighted by molar-refractivity contribution is 6.05. The molecular weight excluding hydrogens is 502 g/mol. The molecule has 0 radical (unpaired) electrons. The van der Waals surface area contributed by atoms with Crippen LogP contribution in [0.4, 0.5) is 0 Å². The molecule has 0 spiro atoms. The highest BCUT2D eigenvalue weighted by Crippen LogP contribution is 2.75. The second-order valence-electron chi connectivity index (χ2n) is 15.3. The number of nitrogens with zero attached hydrogens (tertiary/aromatic N) is 2. The zero-order valence-electron chi connectivity index (χ0n) is 25.0. The molecule has 7 nitrogen and oxygen atoms in total. The van der Waals surface area contributed by atoms with Crippen LogP contribution in [0.15, 0.2) is 23.3 Å². The number of carbonyl (C=O) groups excluding carboxylic acids is 3. The zero-order valence-corrected chi connectivity index (χ0v) is 25.0. The first kappa shape index (κ1) is 28.7. The highest BCUT2D eigenvalue weighted by Gasteiger charge is 2.75. The van der Waals surface area contributed by atoms with Crippen molar-refractivity contribution in [1.82, 2.24) is 5.32 Å². The van der Waals surface area contributed by atoms with E-state index in [1.165, 1.54) is 0 Å². The summed E-state index contributed by atoms with van der Waals surface area (Å²) in [6, 6.07) is 4.04. The van der Waals surface area contributed by atoms with Gasteiger partial charge in [0.2, 0.25) is 5.91 Å². The van der Waals surface area contributed by atoms with E-state index in [0.29, 0.717) is 12.8 Å². The number of hydrogen-bond acceptors (Lipinski definition) is 6. The second kappa shape index (κ2) is 8.39. The molecule has 40 heavy (non-hydrogen) atoms. The van der Waals surface area contributed by atoms with Gasteiger partial charge >= 0.3 is 0 Å². The van der Waals surface area contributed by atoms with Crippen molar-refractivity contribution in [3.05, 3.63) is 23.3 Å². The zero-order chi connectivity index (χ0) is 29.7. The summed E-state index contributed by atoms with van der Waals surface area (Å²) in [7, 11) is 0. The van der Waals surface area contributed by atoms with Crippen LogP contribution in [0.2, 0.25) is 0 Å². The molecule has 8 atom stereocenters. The molecule has 0 unspecified atom stereocenters. The van der Waals surface area contributed by atoms with Crippen molar-refractivity contribution in [2.45, 2.75) is 111 Å². The minimum atomic E-state index is -1.63. The first-order chi connectivity index (χ1) is 18.4. The third-order valence-electron chi connectivity index (χ3n) is 12.9. The van der Waals surface area contributed by atoms with Crippen LogP contribution in [0.25, 0.3) is 0 Å². The van der Waals surface area contributed by atoms with E-state index in [4.69, 9.17) is 5.26 Å². The summed E-state index contributed by atoms with van der Waals surface area (Å²) in [6.45, 7) is 14.3. The third-order valence-corrected chi connectivity index (χ3v) is 12.9. The summed E-state index contributed by atoms with van der Waals surface area (Å²) < 4.78 is 0. The Kier molecular flexibility index (Phi) is 6.03. The average molecular weight is 546 g/mol. The molecule has 0 aromatic carbocycles. The quantitative estimate of drug-likeness (QED) is 0.496. The minimum Gasteiger partial charge on any atom is -0.381 e. The van der Waals surface area contributed by atoms with Gasteiger partial charge in [-0.3, -0.25) is 14.4 Å². The Labute approximate surface area is 238 Å². The Hall–Kier alpha value is -2.77. The second-order valence-corrected chi connectivity index (χ2v) is 15.3. The number of hydrogen-bond donors (Lipinski definition) is 2. The predicted molar refractivity (Wildman–Crippen MR) is 149 cm³/mol. The lowest BCUT2D eigenvalue weighted by molar-refractivity contribution is -0.240. The van der Waals surface area contributed by atoms with E-state index in [9.17, 15) is 24.8 Å². The summed E-state index contributed by atoms with van der Waals surface area (Å²) in [5.41, 5.74) is -4.15. The molecule has 214 valence electrons. The van der Waals surface area contributed by atoms with Crippen LogP contribution >= 0.6 is 0 Å². The molecule has 0 heterocycles. The van der Waals surface area contributed by atoms with Crippen LogP contribution < -0.4 is 5.32 Å². The van der Waals surface area contributed by atoms with Crippen LogP contribution in [-0.2, 0) is 14.4 Å². The Bertz CT molecular complexity index is 1360. The van der Waals surface area contributed by atoms with E-state index in [2.05, 4.69) is 39.1 Å². The lowest BCUT2D eigenvalue weighted by Crippen LogP contribution is -2.74. The fourth-order valence-electron chi connectivity index (χ4n) is 10.3. The summed E-state index contributed by atoms with van der Waals surface area (Å²) in [5.74, 6) is -1.20. The molecule has 5 rings (SSSR count). The van der Waals surface area contributed by atoms with Crippen molar-refractivity contribution >= 4 is 17.5 Å². The van der Waals surface area contributed by atoms with Crippen LogP contribution in [0, 0.1) is 61.6 Å². The van der Waals surface area contributed by atoms with Gasteiger partial charge in [0.1, 0.15) is 18.1 Å². The number of rotatable bonds is 2. The first-order valence-corrected chi connectivity index (χ1v) is 14.7. The monoisotopic (exact) mass is 545 g/mol. The molecule has 0 aromatic heterocycles. The summed E-state index contributed by atoms with van der Waals surface area (Å²) in [5, 5.41) is 34.8. The van der Waals surface area contributed by atoms with Crippen molar-refractivity contribution in [3.8, 4) is 12.1 Å². The number of ketones is 2. The Morgan fingerprint density at radius 3 is 2.27 bits per heavy atom. The number of nitrogens with one attached hydrogen (secondary N) is 1. The van der Waals surface area contributed by atoms with Crippen molar-refractivity contribution < 1.29 is 19.5 Å². The number of fused-ring (bicyclic) bond motifs is 7. The fourth-order valence-corrected chi connectivity index (χ4v) is 10.3. The topological polar surface area (TPSA) is 131 Å². The Balaban J connectivity index is 1.66. The molecule has 7 heteroatoms. The maximum Gasteiger partial charge on any atom is 0.234 e. The lowest BCUT2D eigenvalue weighted by Gasteiger charge is -2.71. The van der Waals surface area contributed by atoms with Crippen LogP contribution in [0.1, 0.15) is 99.8 Å². The van der Waals surface area contributed by atoms with E-state index >= 15 is 0 Å². The van der Waals surface area contributed by atoms with Crippen LogP contribution in [0.3, 0.4) is 0 Å². The number of carbonyl (C=O) groups is 3. The first-order valence-electron chi connectivity index (χ1n) is 14.7. The van der Waals surface area contributed by atoms with Gasteiger partial charge in [-0.05, 0) is 80.3 Å². The van der Waals surface area contributed by atoms with Gasteiger partial charge in [-0.25, -0.2) is 0 Å². The van der Waals surface area contributed by atoms with Crippen molar-refractivity contribution in [3.63, 3.8) is 0 Å². The number of Topliss-reactive ketones (excluding diaryl/α,β-unsaturated/α-hetero) is 1. The van der Waals surface area contributed by atoms with Crippen LogP contribution in [-0.4, -0.2) is 33.7 Å². The van der Waals surface area contributed by atoms with Gasteiger partial charge in [-0.1, -0.05) is 47.6 Å². The normalized spacial score (nSPS) is 47.1. The van der Waals surface area contributed by atoms with Crippen LogP contribution in [0.5, 0.6) is 0 Å². The van der Waals surface area contributed by atoms with Crippen molar-refractivity contribution in [2.24, 2.45) is 38.9 Å². The smallest absolute Gasteiger partial charge is 0.234 e. The number of nitriles is 2. The minimum absolute atomic E-state index is 0.0614. The molecule has 5 aliphatic carbocycles. The van der Waals surface area contributed by atoms with Crippen molar-refractivity contribution in [1.29, 1.82) is 10.5 Å². The van der Waals surface area contributed by atoms with Gasteiger partial charge in [-0.15, -0.1) is 0 Å². The Morgan fingerprint density at radius 1 is 1.00 bits per heavy atom. The Morgan fingerprint density at radius 2 is 1.65 bits per heavy atom. The third kappa shape index (κ3) is 3.34. The molecular formula is C33H43N3O4. The molecule has 0 saturated heterocycles. The highest BCUT2D eigenvalue weighted by atomic mass is 16.3. The van der Waals surface area contributed by atoms with Gasteiger partial charge in [0.25, 0.3) is 0 Å². The standard InChI is InChI=1S/C33H43N3O4/c1-27(2)21-8-10-31(6)22(30(21,5)17-20(19-35)26(27)39)16-24(37)33(40)23-18-29(4,36-25(38)9-15-34)13-11-28(23,3)12-14-32(31,33)7/h16-17,21,23,40H,8-14,18H2,1-7H3,(H,36,38)/t21-,23+,28+,29-,30-,31+,32-,33+/m0/s1. The molecule has 0 aromatic rings. The molecule has 5 aliphatic rings. The molecule has 3 saturated carbocycles. The maximum absolute atomic E-state index is 14.5. The lowest BCUT2D eigenvalue weighted by atomic mass is 9.33. The predicted octanol–water partition coefficient (Wildman–Crippen LogP) is 5.10. The largest absolute Gasteiger partial charge is 0.381 e. The summed E-state index contributed by atoms with van der Waals surface area (Å²) >= 11 is 0. The molecule has 0 bridgehead atoms. The van der Waals surface area contributed by atoms with Gasteiger partial charge in [0, 0.05) is 27.7 Å². The van der Waals surface area contributed by atoms with E-state index in [-0.39, 0.29) is 46.7 Å². The number of allylic oxidation sites excluding steroid dienone is 3. The summed E-state index contributed by atoms with van der Waals surface area (Å²) in [6.07, 6.45) is 8.24. The van der Waals surface area contributed by atoms with E-state index in [1.807, 2.05) is 32.9 Å². The van der Waals surface area contributed by atoms with E-state index in [1.54, 1.807) is 6.08 Å². The van der Waals surface area contributed by atoms with Gasteiger partial charge in [-0.2, -0.15) is 10.5 Å².